The lowest BCUT2D eigenvalue weighted by molar-refractivity contribution is -0.136. The highest BCUT2D eigenvalue weighted by Crippen LogP contribution is 2.07. The smallest absolute Gasteiger partial charge is 0.303 e. The third kappa shape index (κ3) is 2.55. The number of carbonyl (C=O) groups excluding carboxylic acids is 1. The summed E-state index contributed by atoms with van der Waals surface area (Å²) in [6, 6.07) is 3.29. The molecule has 0 spiro atoms. The Balaban J connectivity index is 2.84. The Morgan fingerprint density at radius 3 is 2.79 bits per heavy atom. The van der Waals surface area contributed by atoms with Gasteiger partial charge in [0.15, 0.2) is 0 Å². The number of pyridine rings is 1. The Kier molecular flexibility index (Phi) is 3.17. The van der Waals surface area contributed by atoms with E-state index in [4.69, 9.17) is 10.8 Å². The predicted octanol–water partition coefficient (Wildman–Crippen LogP) is 0.198. The topological polar surface area (TPSA) is 93.3 Å². The van der Waals surface area contributed by atoms with Crippen molar-refractivity contribution in [2.45, 2.75) is 12.8 Å². The summed E-state index contributed by atoms with van der Waals surface area (Å²) in [6.07, 6.45) is 1.68. The second-order valence-corrected chi connectivity index (χ2v) is 2.77. The largest absolute Gasteiger partial charge is 0.481 e. The highest BCUT2D eigenvalue weighted by Gasteiger charge is 2.09. The number of hydrogen-bond acceptors (Lipinski definition) is 3. The van der Waals surface area contributed by atoms with Gasteiger partial charge in [0.2, 0.25) is 0 Å². The van der Waals surface area contributed by atoms with Gasteiger partial charge in [-0.15, -0.1) is 0 Å². The molecule has 0 aliphatic carbocycles. The second-order valence-electron chi connectivity index (χ2n) is 2.77. The number of aryl methyl sites for hydroxylation is 1. The molecule has 1 amide bonds. The summed E-state index contributed by atoms with van der Waals surface area (Å²) in [6.45, 7) is 0. The highest BCUT2D eigenvalue weighted by atomic mass is 16.4. The number of carboxylic acids is 1. The molecule has 5 heteroatoms. The summed E-state index contributed by atoms with van der Waals surface area (Å²) < 4.78 is 0. The van der Waals surface area contributed by atoms with Crippen molar-refractivity contribution in [2.75, 3.05) is 0 Å². The summed E-state index contributed by atoms with van der Waals surface area (Å²) in [5.41, 5.74) is 5.79. The summed E-state index contributed by atoms with van der Waals surface area (Å²) in [5, 5.41) is 8.47. The number of carboxylic acid groups (broad SMARTS) is 1. The molecule has 1 heterocycles. The Hall–Kier alpha value is -1.91. The lowest BCUT2D eigenvalue weighted by atomic mass is 10.1. The maximum Gasteiger partial charge on any atom is 0.303 e. The van der Waals surface area contributed by atoms with Crippen LogP contribution in [0.4, 0.5) is 0 Å². The monoisotopic (exact) mass is 194 g/mol. The van der Waals surface area contributed by atoms with E-state index in [-0.39, 0.29) is 18.5 Å². The minimum absolute atomic E-state index is 0.0357. The minimum Gasteiger partial charge on any atom is -0.481 e. The van der Waals surface area contributed by atoms with Gasteiger partial charge >= 0.3 is 5.97 Å². The van der Waals surface area contributed by atoms with E-state index in [2.05, 4.69) is 4.98 Å². The van der Waals surface area contributed by atoms with Crippen molar-refractivity contribution in [1.82, 2.24) is 4.98 Å². The normalized spacial score (nSPS) is 9.71. The van der Waals surface area contributed by atoms with Gasteiger partial charge in [-0.25, -0.2) is 0 Å². The van der Waals surface area contributed by atoms with Gasteiger partial charge in [-0.1, -0.05) is 6.07 Å². The van der Waals surface area contributed by atoms with Gasteiger partial charge in [0.05, 0.1) is 0 Å². The zero-order chi connectivity index (χ0) is 10.6. The number of primary amides is 1. The lowest BCUT2D eigenvalue weighted by Gasteiger charge is -2.02. The van der Waals surface area contributed by atoms with Gasteiger partial charge in [0.1, 0.15) is 5.69 Å². The zero-order valence-corrected chi connectivity index (χ0v) is 7.43. The van der Waals surface area contributed by atoms with Gasteiger partial charge in [-0.2, -0.15) is 0 Å². The van der Waals surface area contributed by atoms with Gasteiger partial charge in [-0.3, -0.25) is 14.6 Å². The number of amides is 1. The Labute approximate surface area is 80.6 Å². The third-order valence-corrected chi connectivity index (χ3v) is 1.73. The van der Waals surface area contributed by atoms with Gasteiger partial charge in [0, 0.05) is 12.6 Å². The predicted molar refractivity (Wildman–Crippen MR) is 48.7 cm³/mol. The molecule has 0 aromatic carbocycles. The molecule has 0 aliphatic rings. The quantitative estimate of drug-likeness (QED) is 0.715. The van der Waals surface area contributed by atoms with Gasteiger partial charge < -0.3 is 10.8 Å². The van der Waals surface area contributed by atoms with Crippen LogP contribution in [-0.4, -0.2) is 22.0 Å². The first kappa shape index (κ1) is 10.2. The van der Waals surface area contributed by atoms with Crippen molar-refractivity contribution in [1.29, 1.82) is 0 Å². The molecule has 0 fully saturated rings. The highest BCUT2D eigenvalue weighted by molar-refractivity contribution is 5.92. The van der Waals surface area contributed by atoms with Crippen molar-refractivity contribution in [3.8, 4) is 0 Å². The van der Waals surface area contributed by atoms with Crippen LogP contribution in [-0.2, 0) is 11.2 Å². The summed E-state index contributed by atoms with van der Waals surface area (Å²) >= 11 is 0. The maximum absolute atomic E-state index is 10.9. The standard InChI is InChI=1S/C9H10N2O3/c10-9(14)8-6(2-1-5-11-8)3-4-7(12)13/h1-2,5H,3-4H2,(H2,10,14)(H,12,13). The molecule has 0 radical (unpaired) electrons. The fraction of sp³-hybridized carbons (Fsp3) is 0.222. The van der Waals surface area contributed by atoms with Crippen LogP contribution >= 0.6 is 0 Å². The van der Waals surface area contributed by atoms with Crippen molar-refractivity contribution >= 4 is 11.9 Å². The molecule has 3 N–H and O–H groups in total. The first-order valence-corrected chi connectivity index (χ1v) is 4.06. The fourth-order valence-electron chi connectivity index (χ4n) is 1.10. The van der Waals surface area contributed by atoms with Crippen molar-refractivity contribution in [3.63, 3.8) is 0 Å². The number of aromatic nitrogens is 1. The van der Waals surface area contributed by atoms with E-state index in [0.717, 1.165) is 0 Å². The molecule has 0 saturated carbocycles. The molecule has 0 bridgehead atoms. The number of rotatable bonds is 4. The molecule has 1 rings (SSSR count). The molecular weight excluding hydrogens is 184 g/mol. The second kappa shape index (κ2) is 4.36. The van der Waals surface area contributed by atoms with E-state index in [1.807, 2.05) is 0 Å². The Bertz CT molecular complexity index is 363. The van der Waals surface area contributed by atoms with Crippen LogP contribution in [0, 0.1) is 0 Å². The molecular formula is C9H10N2O3. The number of hydrogen-bond donors (Lipinski definition) is 2. The number of nitrogens with zero attached hydrogens (tertiary/aromatic N) is 1. The molecule has 74 valence electrons. The van der Waals surface area contributed by atoms with E-state index < -0.39 is 11.9 Å². The maximum atomic E-state index is 10.9. The van der Waals surface area contributed by atoms with Crippen LogP contribution in [0.1, 0.15) is 22.5 Å². The lowest BCUT2D eigenvalue weighted by Crippen LogP contribution is -2.16. The fourth-order valence-corrected chi connectivity index (χ4v) is 1.10. The number of aliphatic carboxylic acids is 1. The van der Waals surface area contributed by atoms with Crippen molar-refractivity contribution in [3.05, 3.63) is 29.6 Å². The first-order valence-electron chi connectivity index (χ1n) is 4.06. The van der Waals surface area contributed by atoms with Crippen molar-refractivity contribution in [2.24, 2.45) is 5.73 Å². The first-order chi connectivity index (χ1) is 6.61. The molecule has 0 unspecified atom stereocenters. The average molecular weight is 194 g/mol. The summed E-state index contributed by atoms with van der Waals surface area (Å²) in [7, 11) is 0. The van der Waals surface area contributed by atoms with Crippen LogP contribution in [0.25, 0.3) is 0 Å². The molecule has 0 aliphatic heterocycles. The molecule has 1 aromatic rings. The van der Waals surface area contributed by atoms with E-state index in [1.165, 1.54) is 6.20 Å². The van der Waals surface area contributed by atoms with Crippen LogP contribution in [0.2, 0.25) is 0 Å². The number of carbonyl (C=O) groups is 2. The Morgan fingerprint density at radius 1 is 1.50 bits per heavy atom. The van der Waals surface area contributed by atoms with Crippen LogP contribution in [0.3, 0.4) is 0 Å². The number of nitrogens with two attached hydrogens (primary N) is 1. The minimum atomic E-state index is -0.913. The van der Waals surface area contributed by atoms with Crippen molar-refractivity contribution < 1.29 is 14.7 Å². The van der Waals surface area contributed by atoms with Gasteiger partial charge in [-0.05, 0) is 18.1 Å². The molecule has 5 nitrogen and oxygen atoms in total. The molecule has 14 heavy (non-hydrogen) atoms. The van der Waals surface area contributed by atoms with Crippen LogP contribution in [0.5, 0.6) is 0 Å². The van der Waals surface area contributed by atoms with Gasteiger partial charge in [0.25, 0.3) is 5.91 Å². The van der Waals surface area contributed by atoms with Crippen LogP contribution in [0.15, 0.2) is 18.3 Å². The van der Waals surface area contributed by atoms with Crippen LogP contribution < -0.4 is 5.73 Å². The SMILES string of the molecule is NC(=O)c1ncccc1CCC(=O)O. The van der Waals surface area contributed by atoms with E-state index in [9.17, 15) is 9.59 Å². The average Bonchev–Trinajstić information content (AvgIpc) is 2.15. The van der Waals surface area contributed by atoms with E-state index in [1.54, 1.807) is 12.1 Å². The summed E-state index contributed by atoms with van der Waals surface area (Å²) in [4.78, 5) is 25.0. The Morgan fingerprint density at radius 2 is 2.21 bits per heavy atom. The zero-order valence-electron chi connectivity index (χ0n) is 7.43. The molecule has 0 saturated heterocycles. The van der Waals surface area contributed by atoms with E-state index in [0.29, 0.717) is 5.56 Å². The summed E-state index contributed by atoms with van der Waals surface area (Å²) in [5.74, 6) is -1.55. The molecule has 0 atom stereocenters. The molecule has 1 aromatic heterocycles. The van der Waals surface area contributed by atoms with E-state index >= 15 is 0 Å². The third-order valence-electron chi connectivity index (χ3n) is 1.73.